The molecule has 5 rings (SSSR count). The van der Waals surface area contributed by atoms with Crippen molar-refractivity contribution in [3.8, 4) is 5.75 Å². The molecule has 1 heterocycles. The summed E-state index contributed by atoms with van der Waals surface area (Å²) in [5.41, 5.74) is 3.47. The minimum Gasteiger partial charge on any atom is -0.497 e. The van der Waals surface area contributed by atoms with E-state index in [9.17, 15) is 0 Å². The van der Waals surface area contributed by atoms with Crippen LogP contribution in [0.1, 0.15) is 36.0 Å². The number of nitrogens with one attached hydrogen (secondary N) is 1. The summed E-state index contributed by atoms with van der Waals surface area (Å²) in [5, 5.41) is 3.82. The van der Waals surface area contributed by atoms with Crippen molar-refractivity contribution in [1.29, 1.82) is 0 Å². The van der Waals surface area contributed by atoms with Crippen LogP contribution in [-0.2, 0) is 43.3 Å². The van der Waals surface area contributed by atoms with Crippen LogP contribution in [0.2, 0.25) is 0 Å². The van der Waals surface area contributed by atoms with Gasteiger partial charge in [0.15, 0.2) is 5.79 Å². The molecule has 1 N–H and O–H groups in total. The topological polar surface area (TPSA) is 67.4 Å². The van der Waals surface area contributed by atoms with Crippen LogP contribution in [-0.4, -0.2) is 64.1 Å². The van der Waals surface area contributed by atoms with Gasteiger partial charge in [0.05, 0.1) is 51.8 Å². The van der Waals surface area contributed by atoms with Crippen LogP contribution in [0, 0.1) is 5.92 Å². The summed E-state index contributed by atoms with van der Waals surface area (Å²) < 4.78 is 37.4. The zero-order valence-corrected chi connectivity index (χ0v) is 26.1. The molecule has 0 aromatic heterocycles. The second kappa shape index (κ2) is 16.3. The van der Waals surface area contributed by atoms with Crippen molar-refractivity contribution < 1.29 is 28.4 Å². The Hall–Kier alpha value is -3.04. The molecule has 1 spiro atoms. The molecule has 1 saturated heterocycles. The maximum absolute atomic E-state index is 6.99. The third-order valence-corrected chi connectivity index (χ3v) is 8.82. The van der Waals surface area contributed by atoms with E-state index in [0.29, 0.717) is 39.4 Å². The summed E-state index contributed by atoms with van der Waals surface area (Å²) in [4.78, 5) is 0. The number of benzene rings is 3. The Balaban J connectivity index is 1.47. The fourth-order valence-electron chi connectivity index (χ4n) is 6.40. The highest BCUT2D eigenvalue weighted by Gasteiger charge is 2.49. The van der Waals surface area contributed by atoms with Crippen LogP contribution in [0.25, 0.3) is 0 Å². The monoisotopic (exact) mass is 601 g/mol. The highest BCUT2D eigenvalue weighted by molar-refractivity contribution is 5.28. The second-order valence-electron chi connectivity index (χ2n) is 11.7. The average molecular weight is 602 g/mol. The lowest BCUT2D eigenvalue weighted by Crippen LogP contribution is -2.55. The van der Waals surface area contributed by atoms with Crippen LogP contribution in [0.3, 0.4) is 0 Å². The first kappa shape index (κ1) is 32.4. The van der Waals surface area contributed by atoms with Gasteiger partial charge in [0.25, 0.3) is 0 Å². The molecule has 7 nitrogen and oxygen atoms in total. The third-order valence-electron chi connectivity index (χ3n) is 8.82. The van der Waals surface area contributed by atoms with E-state index in [1.54, 1.807) is 14.2 Å². The predicted molar refractivity (Wildman–Crippen MR) is 171 cm³/mol. The predicted octanol–water partition coefficient (Wildman–Crippen LogP) is 6.11. The Bertz CT molecular complexity index is 1250. The molecule has 5 atom stereocenters. The summed E-state index contributed by atoms with van der Waals surface area (Å²) in [7, 11) is 3.40. The van der Waals surface area contributed by atoms with Crippen LogP contribution in [0.5, 0.6) is 5.75 Å². The summed E-state index contributed by atoms with van der Waals surface area (Å²) in [6, 6.07) is 28.9. The smallest absolute Gasteiger partial charge is 0.169 e. The molecule has 1 saturated carbocycles. The Morgan fingerprint density at radius 1 is 0.886 bits per heavy atom. The highest BCUT2D eigenvalue weighted by atomic mass is 16.7. The first-order chi connectivity index (χ1) is 21.6. The molecule has 1 unspecified atom stereocenters. The molecule has 44 heavy (non-hydrogen) atoms. The van der Waals surface area contributed by atoms with E-state index < -0.39 is 5.79 Å². The van der Waals surface area contributed by atoms with Crippen LogP contribution in [0.15, 0.2) is 97.6 Å². The van der Waals surface area contributed by atoms with Crippen molar-refractivity contribution in [3.63, 3.8) is 0 Å². The summed E-state index contributed by atoms with van der Waals surface area (Å²) in [6.07, 6.45) is 4.51. The van der Waals surface area contributed by atoms with E-state index in [1.807, 2.05) is 30.3 Å². The van der Waals surface area contributed by atoms with Gasteiger partial charge in [0.2, 0.25) is 0 Å². The molecule has 0 bridgehead atoms. The molecule has 2 fully saturated rings. The van der Waals surface area contributed by atoms with E-state index in [4.69, 9.17) is 28.4 Å². The fourth-order valence-corrected chi connectivity index (χ4v) is 6.40. The summed E-state index contributed by atoms with van der Waals surface area (Å²) in [6.45, 7) is 6.83. The normalized spacial score (nSPS) is 21.5. The summed E-state index contributed by atoms with van der Waals surface area (Å²) >= 11 is 0. The molecule has 7 heteroatoms. The van der Waals surface area contributed by atoms with Crippen molar-refractivity contribution in [2.24, 2.45) is 5.92 Å². The molecule has 236 valence electrons. The zero-order chi connectivity index (χ0) is 30.6. The van der Waals surface area contributed by atoms with E-state index in [0.717, 1.165) is 36.1 Å². The van der Waals surface area contributed by atoms with E-state index in [-0.39, 0.29) is 30.3 Å². The number of methoxy groups -OCH3 is 2. The minimum atomic E-state index is -0.605. The lowest BCUT2D eigenvalue weighted by Gasteiger charge is -2.46. The standard InChI is InChI=1S/C37H47NO6/c1-4-31(39-2)25-38-34(23-28-15-17-32(40-3)18-16-28)36(42-27-30-13-9-6-10-14-30)33-24-37(43-21-22-44-37)20-19-35(33)41-26-29-11-7-5-8-12-29/h4-18,31,33-36,38H,1,19-27H2,2-3H3/t31?,33-,34-,35-,36-/m0/s1. The van der Waals surface area contributed by atoms with Gasteiger partial charge in [-0.15, -0.1) is 6.58 Å². The summed E-state index contributed by atoms with van der Waals surface area (Å²) in [5.74, 6) is 0.238. The zero-order valence-electron chi connectivity index (χ0n) is 26.1. The molecule has 0 amide bonds. The number of ether oxygens (including phenoxy) is 6. The molecule has 1 aliphatic carbocycles. The van der Waals surface area contributed by atoms with E-state index in [2.05, 4.69) is 72.6 Å². The van der Waals surface area contributed by atoms with Gasteiger partial charge in [0.1, 0.15) is 5.75 Å². The van der Waals surface area contributed by atoms with Crippen molar-refractivity contribution in [1.82, 2.24) is 5.32 Å². The van der Waals surface area contributed by atoms with Crippen LogP contribution in [0.4, 0.5) is 0 Å². The van der Waals surface area contributed by atoms with Crippen molar-refractivity contribution in [2.75, 3.05) is 34.0 Å². The first-order valence-corrected chi connectivity index (χ1v) is 15.7. The second-order valence-corrected chi connectivity index (χ2v) is 11.7. The maximum Gasteiger partial charge on any atom is 0.169 e. The molecule has 2 aliphatic rings. The maximum atomic E-state index is 6.99. The number of hydrogen-bond donors (Lipinski definition) is 1. The Morgan fingerprint density at radius 2 is 1.55 bits per heavy atom. The van der Waals surface area contributed by atoms with Crippen molar-refractivity contribution in [3.05, 3.63) is 114 Å². The van der Waals surface area contributed by atoms with Gasteiger partial charge in [0, 0.05) is 38.5 Å². The fraction of sp³-hybridized carbons (Fsp3) is 0.459. The molecule has 1 aliphatic heterocycles. The molecular formula is C37H47NO6. The SMILES string of the molecule is C=CC(CN[C@@H](Cc1ccc(OC)cc1)[C@@H](OCc1ccccc1)[C@H]1CC2(CC[C@@H]1OCc1ccccc1)OCCO2)OC. The molecule has 3 aromatic carbocycles. The van der Waals surface area contributed by atoms with Gasteiger partial charge in [-0.2, -0.15) is 0 Å². The van der Waals surface area contributed by atoms with Gasteiger partial charge in [-0.05, 0) is 41.7 Å². The van der Waals surface area contributed by atoms with Gasteiger partial charge in [-0.1, -0.05) is 78.9 Å². The third kappa shape index (κ3) is 8.78. The van der Waals surface area contributed by atoms with Crippen LogP contribution < -0.4 is 10.1 Å². The lowest BCUT2D eigenvalue weighted by atomic mass is 9.76. The molecule has 0 radical (unpaired) electrons. The molecular weight excluding hydrogens is 554 g/mol. The highest BCUT2D eigenvalue weighted by Crippen LogP contribution is 2.43. The molecule has 3 aromatic rings. The largest absolute Gasteiger partial charge is 0.497 e. The average Bonchev–Trinajstić information content (AvgIpc) is 3.53. The van der Waals surface area contributed by atoms with Gasteiger partial charge in [-0.3, -0.25) is 0 Å². The first-order valence-electron chi connectivity index (χ1n) is 15.7. The van der Waals surface area contributed by atoms with Crippen molar-refractivity contribution in [2.45, 2.75) is 69.0 Å². The Morgan fingerprint density at radius 3 is 2.16 bits per heavy atom. The quantitative estimate of drug-likeness (QED) is 0.199. The van der Waals surface area contributed by atoms with Gasteiger partial charge >= 0.3 is 0 Å². The number of rotatable bonds is 16. The van der Waals surface area contributed by atoms with E-state index in [1.165, 1.54) is 5.56 Å². The Kier molecular flexibility index (Phi) is 12.0. The lowest BCUT2D eigenvalue weighted by molar-refractivity contribution is -0.226. The number of hydrogen-bond acceptors (Lipinski definition) is 7. The van der Waals surface area contributed by atoms with Crippen molar-refractivity contribution >= 4 is 0 Å². The van der Waals surface area contributed by atoms with Gasteiger partial charge in [-0.25, -0.2) is 0 Å². The van der Waals surface area contributed by atoms with Gasteiger partial charge < -0.3 is 33.7 Å². The Labute approximate surface area is 262 Å². The van der Waals surface area contributed by atoms with Crippen LogP contribution >= 0.6 is 0 Å². The van der Waals surface area contributed by atoms with E-state index >= 15 is 0 Å². The minimum absolute atomic E-state index is 0.00903.